The Morgan fingerprint density at radius 3 is 2.27 bits per heavy atom. The molecule has 0 saturated heterocycles. The number of hydrogen-bond acceptors (Lipinski definition) is 8. The lowest BCUT2D eigenvalue weighted by molar-refractivity contribution is -0.234. The second kappa shape index (κ2) is 16.5. The highest BCUT2D eigenvalue weighted by Gasteiger charge is 2.70. The molecule has 48 heavy (non-hydrogen) atoms. The second-order valence-corrected chi connectivity index (χ2v) is 16.6. The number of nitrogens with one attached hydrogen (secondary N) is 3. The molecule has 0 aromatic heterocycles. The number of allylic oxidation sites excluding steroid dienone is 2. The lowest BCUT2D eigenvalue weighted by Crippen LogP contribution is -2.65. The van der Waals surface area contributed by atoms with Crippen LogP contribution in [0.3, 0.4) is 0 Å². The number of ether oxygens (including phenoxy) is 1. The Hall–Kier alpha value is -1.78. The molecule has 4 aliphatic rings. The van der Waals surface area contributed by atoms with Gasteiger partial charge in [0, 0.05) is 32.1 Å². The number of carbonyl (C=O) groups is 2. The molecule has 0 spiro atoms. The summed E-state index contributed by atoms with van der Waals surface area (Å²) >= 11 is 0. The van der Waals surface area contributed by atoms with E-state index in [1.165, 1.54) is 12.5 Å². The van der Waals surface area contributed by atoms with Crippen LogP contribution in [-0.2, 0) is 14.3 Å². The molecule has 9 heteroatoms. The van der Waals surface area contributed by atoms with Gasteiger partial charge in [0.05, 0.1) is 12.2 Å². The highest BCUT2D eigenvalue weighted by molar-refractivity contribution is 5.94. The number of nitrogens with two attached hydrogens (primary N) is 1. The first-order valence-corrected chi connectivity index (χ1v) is 19.0. The van der Waals surface area contributed by atoms with Crippen LogP contribution in [0.5, 0.6) is 0 Å². The molecule has 7 N–H and O–H groups in total. The largest absolute Gasteiger partial charge is 0.458 e. The Morgan fingerprint density at radius 2 is 1.62 bits per heavy atom. The SMILES string of the molecule is CC(=O)O[C@H]1C[C@@]2(C)C(C[C@@H](O)C3[C@@]4(C)CC[C@@H](O)[C@@H](C)C4CC[C@@]32C)C1=C(CCC=C(C)C)C(=O)NCCCNCCNCCCN. The van der Waals surface area contributed by atoms with Crippen LogP contribution in [0.15, 0.2) is 22.8 Å². The van der Waals surface area contributed by atoms with Crippen molar-refractivity contribution < 1.29 is 24.5 Å². The number of esters is 1. The van der Waals surface area contributed by atoms with Gasteiger partial charge in [-0.25, -0.2) is 0 Å². The normalized spacial score (nSPS) is 38.3. The first-order chi connectivity index (χ1) is 22.7. The van der Waals surface area contributed by atoms with Gasteiger partial charge in [0.1, 0.15) is 6.10 Å². The fourth-order valence-electron chi connectivity index (χ4n) is 11.0. The van der Waals surface area contributed by atoms with Crippen molar-refractivity contribution in [1.82, 2.24) is 16.0 Å². The van der Waals surface area contributed by atoms with Gasteiger partial charge < -0.3 is 36.6 Å². The van der Waals surface area contributed by atoms with Gasteiger partial charge >= 0.3 is 5.97 Å². The molecular formula is C39H68N4O5. The quantitative estimate of drug-likeness (QED) is 0.0640. The summed E-state index contributed by atoms with van der Waals surface area (Å²) in [6.45, 7) is 19.6. The maximum Gasteiger partial charge on any atom is 0.303 e. The fourth-order valence-corrected chi connectivity index (χ4v) is 11.0. The summed E-state index contributed by atoms with van der Waals surface area (Å²) in [4.78, 5) is 26.8. The van der Waals surface area contributed by atoms with Crippen molar-refractivity contribution in [1.29, 1.82) is 0 Å². The molecule has 1 amide bonds. The molecule has 0 bridgehead atoms. The van der Waals surface area contributed by atoms with E-state index in [2.05, 4.69) is 63.6 Å². The molecule has 0 heterocycles. The third-order valence-corrected chi connectivity index (χ3v) is 13.4. The summed E-state index contributed by atoms with van der Waals surface area (Å²) < 4.78 is 6.14. The number of aliphatic hydroxyl groups excluding tert-OH is 2. The average Bonchev–Trinajstić information content (AvgIpc) is 3.29. The van der Waals surface area contributed by atoms with Gasteiger partial charge in [-0.05, 0) is 143 Å². The highest BCUT2D eigenvalue weighted by Crippen LogP contribution is 2.74. The maximum absolute atomic E-state index is 14.1. The molecular weight excluding hydrogens is 604 g/mol. The summed E-state index contributed by atoms with van der Waals surface area (Å²) in [5, 5.41) is 33.1. The predicted octanol–water partition coefficient (Wildman–Crippen LogP) is 4.62. The van der Waals surface area contributed by atoms with Crippen LogP contribution in [0, 0.1) is 39.9 Å². The minimum Gasteiger partial charge on any atom is -0.458 e. The van der Waals surface area contributed by atoms with Crippen LogP contribution >= 0.6 is 0 Å². The molecule has 10 atom stereocenters. The van der Waals surface area contributed by atoms with E-state index in [1.807, 2.05) is 0 Å². The summed E-state index contributed by atoms with van der Waals surface area (Å²) in [6.07, 6.45) is 8.80. The zero-order valence-electron chi connectivity index (χ0n) is 31.1. The van der Waals surface area contributed by atoms with Gasteiger partial charge in [0.15, 0.2) is 0 Å². The third kappa shape index (κ3) is 7.91. The molecule has 4 rings (SSSR count). The van der Waals surface area contributed by atoms with Crippen molar-refractivity contribution in [3.8, 4) is 0 Å². The summed E-state index contributed by atoms with van der Waals surface area (Å²) in [7, 11) is 0. The highest BCUT2D eigenvalue weighted by atomic mass is 16.5. The lowest BCUT2D eigenvalue weighted by atomic mass is 9.36. The van der Waals surface area contributed by atoms with Crippen LogP contribution in [0.4, 0.5) is 0 Å². The Bertz CT molecular complexity index is 1180. The number of fused-ring (bicyclic) bond motifs is 5. The van der Waals surface area contributed by atoms with Crippen LogP contribution in [-0.4, -0.2) is 79.7 Å². The van der Waals surface area contributed by atoms with Crippen LogP contribution in [0.1, 0.15) is 113 Å². The van der Waals surface area contributed by atoms with E-state index in [4.69, 9.17) is 10.5 Å². The number of hydrogen-bond donors (Lipinski definition) is 6. The first kappa shape index (κ1) is 39.0. The third-order valence-electron chi connectivity index (χ3n) is 13.4. The number of aliphatic hydroxyl groups is 2. The molecule has 4 fully saturated rings. The summed E-state index contributed by atoms with van der Waals surface area (Å²) in [6, 6.07) is 0. The topological polar surface area (TPSA) is 146 Å². The van der Waals surface area contributed by atoms with Gasteiger partial charge in [0.25, 0.3) is 0 Å². The molecule has 0 aliphatic heterocycles. The first-order valence-electron chi connectivity index (χ1n) is 19.0. The summed E-state index contributed by atoms with van der Waals surface area (Å²) in [5.41, 5.74) is 7.87. The van der Waals surface area contributed by atoms with Gasteiger partial charge in [-0.1, -0.05) is 39.3 Å². The van der Waals surface area contributed by atoms with E-state index in [1.54, 1.807) is 0 Å². The molecule has 3 unspecified atom stereocenters. The molecule has 0 radical (unpaired) electrons. The minimum atomic E-state index is -0.535. The molecule has 9 nitrogen and oxygen atoms in total. The van der Waals surface area contributed by atoms with Gasteiger partial charge in [-0.2, -0.15) is 0 Å². The zero-order valence-corrected chi connectivity index (χ0v) is 31.1. The number of carbonyl (C=O) groups excluding carboxylic acids is 2. The molecule has 0 aromatic rings. The molecule has 274 valence electrons. The average molecular weight is 673 g/mol. The van der Waals surface area contributed by atoms with Crippen molar-refractivity contribution >= 4 is 11.9 Å². The summed E-state index contributed by atoms with van der Waals surface area (Å²) in [5.74, 6) is 0.166. The molecule has 4 aliphatic carbocycles. The van der Waals surface area contributed by atoms with Crippen LogP contribution in [0.25, 0.3) is 0 Å². The Kier molecular flexibility index (Phi) is 13.4. The smallest absolute Gasteiger partial charge is 0.303 e. The van der Waals surface area contributed by atoms with E-state index in [9.17, 15) is 19.8 Å². The standard InChI is InChI=1S/C39H68N4O5/c1-25(2)11-8-12-28(36(47)43-20-10-19-42-22-21-41-18-9-17-40)34-30-23-32(46)35-37(5)15-14-31(45)26(3)29(37)13-16-38(35,6)39(30,7)24-33(34)48-27(4)44/h11,26,29-33,35,41-42,45-46H,8-10,12-24,40H2,1-7H3,(H,43,47)/t26-,29?,30?,31+,32+,33-,35?,37-,38-,39-/m0/s1. The maximum atomic E-state index is 14.1. The van der Waals surface area contributed by atoms with Gasteiger partial charge in [0.2, 0.25) is 5.91 Å². The fraction of sp³-hybridized carbons (Fsp3) is 0.846. The Morgan fingerprint density at radius 1 is 0.938 bits per heavy atom. The Labute approximate surface area is 290 Å². The second-order valence-electron chi connectivity index (χ2n) is 16.6. The van der Waals surface area contributed by atoms with Crippen molar-refractivity contribution in [2.24, 2.45) is 45.7 Å². The lowest BCUT2D eigenvalue weighted by Gasteiger charge is -2.69. The van der Waals surface area contributed by atoms with E-state index in [0.717, 1.165) is 82.3 Å². The van der Waals surface area contributed by atoms with E-state index < -0.39 is 12.2 Å². The predicted molar refractivity (Wildman–Crippen MR) is 192 cm³/mol. The monoisotopic (exact) mass is 673 g/mol. The van der Waals surface area contributed by atoms with E-state index in [0.29, 0.717) is 38.3 Å². The van der Waals surface area contributed by atoms with E-state index >= 15 is 0 Å². The van der Waals surface area contributed by atoms with Crippen LogP contribution < -0.4 is 21.7 Å². The minimum absolute atomic E-state index is 0.0641. The van der Waals surface area contributed by atoms with Gasteiger partial charge in [-0.15, -0.1) is 0 Å². The van der Waals surface area contributed by atoms with Crippen molar-refractivity contribution in [3.63, 3.8) is 0 Å². The Balaban J connectivity index is 1.61. The zero-order chi connectivity index (χ0) is 35.3. The van der Waals surface area contributed by atoms with Crippen molar-refractivity contribution in [3.05, 3.63) is 22.8 Å². The van der Waals surface area contributed by atoms with Crippen molar-refractivity contribution in [2.75, 3.05) is 39.3 Å². The molecule has 0 aromatic carbocycles. The number of rotatable bonds is 15. The molecule has 4 saturated carbocycles. The van der Waals surface area contributed by atoms with Crippen molar-refractivity contribution in [2.45, 2.75) is 131 Å². The van der Waals surface area contributed by atoms with E-state index in [-0.39, 0.29) is 52.0 Å². The van der Waals surface area contributed by atoms with Gasteiger partial charge in [-0.3, -0.25) is 9.59 Å². The van der Waals surface area contributed by atoms with Crippen LogP contribution in [0.2, 0.25) is 0 Å². The number of amides is 1.